The molecule has 0 fully saturated rings. The lowest BCUT2D eigenvalue weighted by Gasteiger charge is -2.28. The SMILES string of the molecule is CC1(C)CC(=O)c2c(Nc3cccc(Cl)c3)nn(-c3ncccn3)c2C1. The fourth-order valence-electron chi connectivity index (χ4n) is 3.30. The molecule has 2 heterocycles. The number of anilines is 2. The molecule has 0 radical (unpaired) electrons. The molecule has 0 unspecified atom stereocenters. The van der Waals surface area contributed by atoms with Crippen LogP contribution in [0, 0.1) is 5.41 Å². The predicted octanol–water partition coefficient (Wildman–Crippen LogP) is 4.21. The second kappa shape index (κ2) is 6.21. The highest BCUT2D eigenvalue weighted by Crippen LogP contribution is 2.39. The van der Waals surface area contributed by atoms with Crippen molar-refractivity contribution in [3.8, 4) is 5.95 Å². The van der Waals surface area contributed by atoms with Gasteiger partial charge < -0.3 is 5.32 Å². The molecule has 0 saturated carbocycles. The van der Waals surface area contributed by atoms with Crippen LogP contribution in [-0.2, 0) is 6.42 Å². The number of fused-ring (bicyclic) bond motifs is 1. The summed E-state index contributed by atoms with van der Waals surface area (Å²) in [5.41, 5.74) is 2.08. The van der Waals surface area contributed by atoms with E-state index in [4.69, 9.17) is 11.6 Å². The van der Waals surface area contributed by atoms with E-state index >= 15 is 0 Å². The summed E-state index contributed by atoms with van der Waals surface area (Å²) in [4.78, 5) is 21.5. The van der Waals surface area contributed by atoms with Crippen LogP contribution in [0.1, 0.15) is 36.3 Å². The van der Waals surface area contributed by atoms with E-state index in [1.807, 2.05) is 12.1 Å². The number of halogens is 1. The van der Waals surface area contributed by atoms with E-state index in [0.29, 0.717) is 28.8 Å². The van der Waals surface area contributed by atoms with Gasteiger partial charge in [0.15, 0.2) is 11.6 Å². The molecule has 0 bridgehead atoms. The van der Waals surface area contributed by atoms with E-state index in [1.54, 1.807) is 35.3 Å². The lowest BCUT2D eigenvalue weighted by atomic mass is 9.76. The monoisotopic (exact) mass is 367 g/mol. The van der Waals surface area contributed by atoms with Gasteiger partial charge in [-0.1, -0.05) is 31.5 Å². The number of hydrogen-bond donors (Lipinski definition) is 1. The first kappa shape index (κ1) is 16.7. The highest BCUT2D eigenvalue weighted by atomic mass is 35.5. The van der Waals surface area contributed by atoms with Crippen LogP contribution >= 0.6 is 11.6 Å². The van der Waals surface area contributed by atoms with E-state index in [9.17, 15) is 4.79 Å². The van der Waals surface area contributed by atoms with Gasteiger partial charge >= 0.3 is 0 Å². The molecule has 1 N–H and O–H groups in total. The standard InChI is InChI=1S/C19H18ClN5O/c1-19(2)10-14-16(15(26)11-19)17(23-13-6-3-5-12(20)9-13)24-25(14)18-21-7-4-8-22-18/h3-9H,10-11H2,1-2H3,(H,23,24). The van der Waals surface area contributed by atoms with Crippen LogP contribution in [0.15, 0.2) is 42.7 Å². The number of nitrogens with zero attached hydrogens (tertiary/aromatic N) is 4. The summed E-state index contributed by atoms with van der Waals surface area (Å²) in [5.74, 6) is 1.03. The molecule has 0 aliphatic heterocycles. The molecule has 1 aromatic carbocycles. The number of rotatable bonds is 3. The van der Waals surface area contributed by atoms with Gasteiger partial charge in [-0.15, -0.1) is 5.10 Å². The van der Waals surface area contributed by atoms with Crippen LogP contribution in [-0.4, -0.2) is 25.5 Å². The normalized spacial score (nSPS) is 15.6. The Kier molecular flexibility index (Phi) is 4.00. The molecule has 4 rings (SSSR count). The fraction of sp³-hybridized carbons (Fsp3) is 0.263. The number of carbonyl (C=O) groups excluding carboxylic acids is 1. The molecule has 0 saturated heterocycles. The van der Waals surface area contributed by atoms with Crippen molar-refractivity contribution in [3.05, 3.63) is 59.0 Å². The molecular formula is C19H18ClN5O. The quantitative estimate of drug-likeness (QED) is 0.750. The number of hydrogen-bond acceptors (Lipinski definition) is 5. The third kappa shape index (κ3) is 3.08. The molecule has 0 spiro atoms. The van der Waals surface area contributed by atoms with Crippen molar-refractivity contribution in [1.82, 2.24) is 19.7 Å². The molecule has 1 aliphatic carbocycles. The van der Waals surface area contributed by atoms with Crippen LogP contribution < -0.4 is 5.32 Å². The van der Waals surface area contributed by atoms with Crippen LogP contribution in [0.3, 0.4) is 0 Å². The Bertz CT molecular complexity index is 981. The third-order valence-corrected chi connectivity index (χ3v) is 4.61. The summed E-state index contributed by atoms with van der Waals surface area (Å²) < 4.78 is 1.67. The summed E-state index contributed by atoms with van der Waals surface area (Å²) in [5, 5.41) is 8.46. The topological polar surface area (TPSA) is 72.7 Å². The Morgan fingerprint density at radius 2 is 1.92 bits per heavy atom. The number of ketones is 1. The highest BCUT2D eigenvalue weighted by molar-refractivity contribution is 6.30. The van der Waals surface area contributed by atoms with Gasteiger partial charge in [-0.05, 0) is 36.1 Å². The van der Waals surface area contributed by atoms with E-state index in [1.165, 1.54) is 0 Å². The average Bonchev–Trinajstić information content (AvgIpc) is 2.93. The fourth-order valence-corrected chi connectivity index (χ4v) is 3.49. The van der Waals surface area contributed by atoms with E-state index < -0.39 is 0 Å². The van der Waals surface area contributed by atoms with Crippen molar-refractivity contribution in [3.63, 3.8) is 0 Å². The zero-order valence-corrected chi connectivity index (χ0v) is 15.3. The second-order valence-corrected chi connectivity index (χ2v) is 7.64. The Labute approximate surface area is 156 Å². The van der Waals surface area contributed by atoms with Crippen molar-refractivity contribution in [2.24, 2.45) is 5.41 Å². The Balaban J connectivity index is 1.85. The largest absolute Gasteiger partial charge is 0.338 e. The van der Waals surface area contributed by atoms with Crippen LogP contribution in [0.4, 0.5) is 11.5 Å². The molecule has 26 heavy (non-hydrogen) atoms. The van der Waals surface area contributed by atoms with Crippen molar-refractivity contribution in [2.75, 3.05) is 5.32 Å². The number of Topliss-reactive ketones (excluding diaryl/α,β-unsaturated/α-hetero) is 1. The zero-order chi connectivity index (χ0) is 18.3. The van der Waals surface area contributed by atoms with Gasteiger partial charge in [-0.3, -0.25) is 4.79 Å². The highest BCUT2D eigenvalue weighted by Gasteiger charge is 2.37. The minimum atomic E-state index is -0.135. The summed E-state index contributed by atoms with van der Waals surface area (Å²) in [7, 11) is 0. The number of aromatic nitrogens is 4. The summed E-state index contributed by atoms with van der Waals surface area (Å²) >= 11 is 6.07. The molecule has 0 atom stereocenters. The molecule has 7 heteroatoms. The number of benzene rings is 1. The molecule has 6 nitrogen and oxygen atoms in total. The first-order chi connectivity index (χ1) is 12.4. The lowest BCUT2D eigenvalue weighted by molar-refractivity contribution is 0.0911. The van der Waals surface area contributed by atoms with Gasteiger partial charge in [0.05, 0.1) is 11.3 Å². The Morgan fingerprint density at radius 1 is 1.15 bits per heavy atom. The second-order valence-electron chi connectivity index (χ2n) is 7.21. The first-order valence-corrected chi connectivity index (χ1v) is 8.76. The van der Waals surface area contributed by atoms with Gasteiger partial charge in [-0.2, -0.15) is 0 Å². The van der Waals surface area contributed by atoms with E-state index in [-0.39, 0.29) is 11.2 Å². The summed E-state index contributed by atoms with van der Waals surface area (Å²) in [6.07, 6.45) is 4.52. The van der Waals surface area contributed by atoms with E-state index in [2.05, 4.69) is 34.2 Å². The minimum Gasteiger partial charge on any atom is -0.338 e. The summed E-state index contributed by atoms with van der Waals surface area (Å²) in [6, 6.07) is 9.07. The average molecular weight is 368 g/mol. The van der Waals surface area contributed by atoms with Gasteiger partial charge in [0.25, 0.3) is 5.95 Å². The van der Waals surface area contributed by atoms with Crippen molar-refractivity contribution in [2.45, 2.75) is 26.7 Å². The molecule has 2 aromatic heterocycles. The van der Waals surface area contributed by atoms with Crippen molar-refractivity contribution >= 4 is 28.9 Å². The maximum atomic E-state index is 12.9. The molecule has 0 amide bonds. The first-order valence-electron chi connectivity index (χ1n) is 8.38. The Hall–Kier alpha value is -2.73. The van der Waals surface area contributed by atoms with Crippen molar-refractivity contribution < 1.29 is 4.79 Å². The smallest absolute Gasteiger partial charge is 0.250 e. The third-order valence-electron chi connectivity index (χ3n) is 4.37. The number of nitrogens with one attached hydrogen (secondary N) is 1. The minimum absolute atomic E-state index is 0.0722. The Morgan fingerprint density at radius 3 is 2.65 bits per heavy atom. The molecule has 3 aromatic rings. The van der Waals surface area contributed by atoms with Gasteiger partial charge in [0.1, 0.15) is 0 Å². The van der Waals surface area contributed by atoms with Crippen molar-refractivity contribution in [1.29, 1.82) is 0 Å². The summed E-state index contributed by atoms with van der Waals surface area (Å²) in [6.45, 7) is 4.17. The van der Waals surface area contributed by atoms with Crippen LogP contribution in [0.2, 0.25) is 5.02 Å². The van der Waals surface area contributed by atoms with Gasteiger partial charge in [0, 0.05) is 29.5 Å². The van der Waals surface area contributed by atoms with Crippen LogP contribution in [0.25, 0.3) is 5.95 Å². The maximum Gasteiger partial charge on any atom is 0.250 e. The molecular weight excluding hydrogens is 350 g/mol. The molecule has 132 valence electrons. The predicted molar refractivity (Wildman–Crippen MR) is 100 cm³/mol. The zero-order valence-electron chi connectivity index (χ0n) is 14.5. The maximum absolute atomic E-state index is 12.9. The number of carbonyl (C=O) groups is 1. The van der Waals surface area contributed by atoms with Gasteiger partial charge in [0.2, 0.25) is 0 Å². The van der Waals surface area contributed by atoms with Crippen LogP contribution in [0.5, 0.6) is 0 Å². The lowest BCUT2D eigenvalue weighted by Crippen LogP contribution is -2.28. The van der Waals surface area contributed by atoms with Gasteiger partial charge in [-0.25, -0.2) is 14.6 Å². The van der Waals surface area contributed by atoms with E-state index in [0.717, 1.165) is 17.8 Å². The molecule has 1 aliphatic rings.